The van der Waals surface area contributed by atoms with Crippen molar-refractivity contribution in [3.8, 4) is 0 Å². The minimum Gasteiger partial charge on any atom is -0.507 e. The number of hydrogen-bond donors (Lipinski definition) is 2. The van der Waals surface area contributed by atoms with Gasteiger partial charge in [-0.2, -0.15) is 0 Å². The molecule has 1 aromatic carbocycles. The average molecular weight is 464 g/mol. The van der Waals surface area contributed by atoms with Gasteiger partial charge >= 0.3 is 0 Å². The highest BCUT2D eigenvalue weighted by Gasteiger charge is 2.46. The van der Waals surface area contributed by atoms with Crippen LogP contribution in [0.5, 0.6) is 0 Å². The Kier molecular flexibility index (Phi) is 6.99. The third-order valence-corrected chi connectivity index (χ3v) is 7.49. The van der Waals surface area contributed by atoms with E-state index in [4.69, 9.17) is 0 Å². The molecule has 2 saturated heterocycles. The quantitative estimate of drug-likeness (QED) is 0.360. The van der Waals surface area contributed by atoms with Crippen LogP contribution < -0.4 is 0 Å². The number of nitrogens with zero attached hydrogens (tertiary/aromatic N) is 2. The molecular formula is C28H37N3O3. The molecule has 0 bridgehead atoms. The smallest absolute Gasteiger partial charge is 0.295 e. The Bertz CT molecular complexity index is 1100. The number of rotatable bonds is 6. The summed E-state index contributed by atoms with van der Waals surface area (Å²) < 4.78 is 0. The first-order valence-electron chi connectivity index (χ1n) is 12.5. The Hall–Kier alpha value is -2.86. The number of nitrogens with one attached hydrogen (secondary N) is 1. The van der Waals surface area contributed by atoms with Gasteiger partial charge in [0, 0.05) is 30.0 Å². The molecule has 182 valence electrons. The summed E-state index contributed by atoms with van der Waals surface area (Å²) in [4.78, 5) is 33.9. The molecule has 0 radical (unpaired) electrons. The zero-order chi connectivity index (χ0) is 24.6. The highest BCUT2D eigenvalue weighted by molar-refractivity contribution is 6.46. The first-order valence-corrected chi connectivity index (χ1v) is 12.5. The summed E-state index contributed by atoms with van der Waals surface area (Å²) in [7, 11) is 0. The highest BCUT2D eigenvalue weighted by Crippen LogP contribution is 2.41. The largest absolute Gasteiger partial charge is 0.507 e. The molecule has 3 heterocycles. The Morgan fingerprint density at radius 1 is 1.00 bits per heavy atom. The summed E-state index contributed by atoms with van der Waals surface area (Å²) >= 11 is 0. The Labute approximate surface area is 202 Å². The molecular weight excluding hydrogens is 426 g/mol. The van der Waals surface area contributed by atoms with Crippen LogP contribution in [0, 0.1) is 20.8 Å². The third-order valence-electron chi connectivity index (χ3n) is 7.49. The van der Waals surface area contributed by atoms with Gasteiger partial charge < -0.3 is 19.9 Å². The van der Waals surface area contributed by atoms with Crippen LogP contribution in [0.2, 0.25) is 0 Å². The number of H-pyrrole nitrogens is 1. The first kappa shape index (κ1) is 24.3. The van der Waals surface area contributed by atoms with Crippen molar-refractivity contribution in [2.75, 3.05) is 26.2 Å². The molecule has 2 aliphatic heterocycles. The predicted octanol–water partition coefficient (Wildman–Crippen LogP) is 4.97. The van der Waals surface area contributed by atoms with Crippen molar-refractivity contribution in [3.63, 3.8) is 0 Å². The van der Waals surface area contributed by atoms with Gasteiger partial charge in [-0.05, 0) is 69.3 Å². The van der Waals surface area contributed by atoms with Crippen LogP contribution in [0.3, 0.4) is 0 Å². The molecule has 2 aliphatic rings. The summed E-state index contributed by atoms with van der Waals surface area (Å²) in [5.41, 5.74) is 5.48. The summed E-state index contributed by atoms with van der Waals surface area (Å²) in [6.45, 7) is 13.3. The Morgan fingerprint density at radius 2 is 1.65 bits per heavy atom. The second kappa shape index (κ2) is 9.79. The van der Waals surface area contributed by atoms with Gasteiger partial charge in [-0.3, -0.25) is 9.59 Å². The van der Waals surface area contributed by atoms with Gasteiger partial charge in [0.05, 0.1) is 11.6 Å². The van der Waals surface area contributed by atoms with Crippen LogP contribution in [-0.2, 0) is 9.59 Å². The number of carbonyl (C=O) groups is 2. The van der Waals surface area contributed by atoms with E-state index in [0.717, 1.165) is 42.1 Å². The number of aromatic nitrogens is 1. The van der Waals surface area contributed by atoms with E-state index in [2.05, 4.69) is 35.9 Å². The maximum absolute atomic E-state index is 13.3. The van der Waals surface area contributed by atoms with E-state index < -0.39 is 17.7 Å². The number of ketones is 1. The standard InChI is InChI=1S/C28H37N3O3/c1-17(2)21-9-11-22(12-10-21)25-24(26(32)23-18(3)19(4)29-20(23)5)27(33)28(34)31(25)16-15-30-13-7-6-8-14-30/h9-12,17,25,29,32H,6-8,13-16H2,1-5H3/b26-24+. The molecule has 2 fully saturated rings. The maximum atomic E-state index is 13.3. The fourth-order valence-electron chi connectivity index (χ4n) is 5.35. The number of aryl methyl sites for hydroxylation is 2. The molecule has 2 aromatic rings. The molecule has 0 saturated carbocycles. The van der Waals surface area contributed by atoms with Gasteiger partial charge in [-0.25, -0.2) is 0 Å². The number of piperidine rings is 1. The predicted molar refractivity (Wildman–Crippen MR) is 135 cm³/mol. The number of amides is 1. The fourth-order valence-corrected chi connectivity index (χ4v) is 5.35. The number of carbonyl (C=O) groups excluding carboxylic acids is 2. The van der Waals surface area contributed by atoms with Gasteiger partial charge in [0.25, 0.3) is 11.7 Å². The van der Waals surface area contributed by atoms with Crippen molar-refractivity contribution in [2.24, 2.45) is 0 Å². The number of aromatic amines is 1. The van der Waals surface area contributed by atoms with Gasteiger partial charge in [0.1, 0.15) is 5.76 Å². The topological polar surface area (TPSA) is 76.6 Å². The van der Waals surface area contributed by atoms with Gasteiger partial charge in [0.15, 0.2) is 0 Å². The van der Waals surface area contributed by atoms with E-state index in [1.54, 1.807) is 4.90 Å². The summed E-state index contributed by atoms with van der Waals surface area (Å²) in [5, 5.41) is 11.4. The van der Waals surface area contributed by atoms with E-state index in [-0.39, 0.29) is 11.3 Å². The number of Topliss-reactive ketones (excluding diaryl/α,β-unsaturated/α-hetero) is 1. The lowest BCUT2D eigenvalue weighted by Gasteiger charge is -2.31. The Morgan fingerprint density at radius 3 is 2.21 bits per heavy atom. The summed E-state index contributed by atoms with van der Waals surface area (Å²) in [5.74, 6) is -0.838. The average Bonchev–Trinajstić information content (AvgIpc) is 3.23. The lowest BCUT2D eigenvalue weighted by atomic mass is 9.92. The number of aliphatic hydroxyl groups is 1. The van der Waals surface area contributed by atoms with Crippen LogP contribution in [0.15, 0.2) is 29.8 Å². The second-order valence-electron chi connectivity index (χ2n) is 10.1. The van der Waals surface area contributed by atoms with Crippen molar-refractivity contribution in [1.82, 2.24) is 14.8 Å². The lowest BCUT2D eigenvalue weighted by molar-refractivity contribution is -0.140. The molecule has 4 rings (SSSR count). The van der Waals surface area contributed by atoms with Crippen molar-refractivity contribution in [2.45, 2.75) is 65.8 Å². The normalized spacial score (nSPS) is 21.1. The molecule has 2 N–H and O–H groups in total. The monoisotopic (exact) mass is 463 g/mol. The molecule has 6 nitrogen and oxygen atoms in total. The van der Waals surface area contributed by atoms with Crippen molar-refractivity contribution in [1.29, 1.82) is 0 Å². The number of likely N-dealkylation sites (tertiary alicyclic amines) is 2. The van der Waals surface area contributed by atoms with E-state index in [0.29, 0.717) is 18.0 Å². The van der Waals surface area contributed by atoms with Crippen molar-refractivity contribution >= 4 is 17.4 Å². The molecule has 1 aromatic heterocycles. The van der Waals surface area contributed by atoms with Crippen LogP contribution in [0.4, 0.5) is 0 Å². The first-order chi connectivity index (χ1) is 16.2. The lowest BCUT2D eigenvalue weighted by Crippen LogP contribution is -2.40. The van der Waals surface area contributed by atoms with Gasteiger partial charge in [-0.1, -0.05) is 44.5 Å². The minimum atomic E-state index is -0.605. The second-order valence-corrected chi connectivity index (χ2v) is 10.1. The number of benzene rings is 1. The molecule has 1 unspecified atom stereocenters. The molecule has 0 aliphatic carbocycles. The van der Waals surface area contributed by atoms with Crippen LogP contribution in [0.25, 0.3) is 5.76 Å². The molecule has 1 atom stereocenters. The minimum absolute atomic E-state index is 0.0869. The summed E-state index contributed by atoms with van der Waals surface area (Å²) in [6.07, 6.45) is 3.59. The van der Waals surface area contributed by atoms with Crippen molar-refractivity contribution in [3.05, 3.63) is 63.5 Å². The van der Waals surface area contributed by atoms with E-state index in [9.17, 15) is 14.7 Å². The number of hydrogen-bond acceptors (Lipinski definition) is 4. The van der Waals surface area contributed by atoms with Crippen molar-refractivity contribution < 1.29 is 14.7 Å². The van der Waals surface area contributed by atoms with Gasteiger partial charge in [-0.15, -0.1) is 0 Å². The SMILES string of the molecule is Cc1[nH]c(C)c(/C(O)=C2\C(=O)C(=O)N(CCN3CCCCC3)C2c2ccc(C(C)C)cc2)c1C. The zero-order valence-electron chi connectivity index (χ0n) is 21.1. The van der Waals surface area contributed by atoms with Crippen LogP contribution >= 0.6 is 0 Å². The third kappa shape index (κ3) is 4.43. The van der Waals surface area contributed by atoms with Gasteiger partial charge in [0.2, 0.25) is 0 Å². The molecule has 6 heteroatoms. The van der Waals surface area contributed by atoms with E-state index >= 15 is 0 Å². The highest BCUT2D eigenvalue weighted by atomic mass is 16.3. The fraction of sp³-hybridized carbons (Fsp3) is 0.500. The maximum Gasteiger partial charge on any atom is 0.295 e. The van der Waals surface area contributed by atoms with Crippen LogP contribution in [0.1, 0.15) is 78.7 Å². The molecule has 34 heavy (non-hydrogen) atoms. The summed E-state index contributed by atoms with van der Waals surface area (Å²) in [6, 6.07) is 7.51. The Balaban J connectivity index is 1.78. The molecule has 0 spiro atoms. The van der Waals surface area contributed by atoms with E-state index in [1.165, 1.54) is 24.8 Å². The molecule has 1 amide bonds. The zero-order valence-corrected chi connectivity index (χ0v) is 21.1. The van der Waals surface area contributed by atoms with E-state index in [1.807, 2.05) is 32.9 Å². The number of aliphatic hydroxyl groups excluding tert-OH is 1. The van der Waals surface area contributed by atoms with Crippen LogP contribution in [-0.4, -0.2) is 57.8 Å².